The second kappa shape index (κ2) is 6.89. The highest BCUT2D eigenvalue weighted by Gasteiger charge is 2.23. The fraction of sp³-hybridized carbons (Fsp3) is 0.438. The Kier molecular flexibility index (Phi) is 5.48. The van der Waals surface area contributed by atoms with Crippen molar-refractivity contribution >= 4 is 11.9 Å². The monoisotopic (exact) mass is 288 g/mol. The molecular formula is C16H20N2O3. The number of hydrogen-bond acceptors (Lipinski definition) is 3. The molecule has 1 atom stereocenters. The zero-order valence-electron chi connectivity index (χ0n) is 12.5. The quantitative estimate of drug-likeness (QED) is 0.871. The number of carbonyl (C=O) groups excluding carboxylic acids is 1. The smallest absolute Gasteiger partial charge is 0.305 e. The molecular weight excluding hydrogens is 268 g/mol. The van der Waals surface area contributed by atoms with Crippen LogP contribution in [0.4, 0.5) is 0 Å². The minimum absolute atomic E-state index is 0.0853. The van der Waals surface area contributed by atoms with E-state index in [1.807, 2.05) is 26.8 Å². The van der Waals surface area contributed by atoms with Crippen molar-refractivity contribution in [3.05, 3.63) is 35.4 Å². The molecule has 0 fully saturated rings. The van der Waals surface area contributed by atoms with Crippen molar-refractivity contribution in [1.82, 2.24) is 5.32 Å². The van der Waals surface area contributed by atoms with Gasteiger partial charge in [-0.3, -0.25) is 9.59 Å². The first-order valence-corrected chi connectivity index (χ1v) is 6.74. The molecule has 2 N–H and O–H groups in total. The van der Waals surface area contributed by atoms with E-state index >= 15 is 0 Å². The number of amides is 1. The van der Waals surface area contributed by atoms with Gasteiger partial charge in [-0.05, 0) is 36.1 Å². The largest absolute Gasteiger partial charge is 0.481 e. The zero-order chi connectivity index (χ0) is 16.0. The molecule has 5 heteroatoms. The van der Waals surface area contributed by atoms with Gasteiger partial charge in [0.15, 0.2) is 0 Å². The lowest BCUT2D eigenvalue weighted by molar-refractivity contribution is -0.137. The molecule has 1 amide bonds. The molecule has 0 aromatic heterocycles. The lowest BCUT2D eigenvalue weighted by atomic mass is 9.87. The van der Waals surface area contributed by atoms with Crippen LogP contribution in [0.2, 0.25) is 0 Å². The number of nitrogens with one attached hydrogen (secondary N) is 1. The number of aliphatic carboxylic acids is 1. The Morgan fingerprint density at radius 3 is 2.29 bits per heavy atom. The summed E-state index contributed by atoms with van der Waals surface area (Å²) in [6.07, 6.45) is 0.459. The number of carbonyl (C=O) groups is 2. The van der Waals surface area contributed by atoms with E-state index in [1.165, 1.54) is 0 Å². The van der Waals surface area contributed by atoms with E-state index in [-0.39, 0.29) is 17.7 Å². The van der Waals surface area contributed by atoms with E-state index in [9.17, 15) is 9.59 Å². The fourth-order valence-corrected chi connectivity index (χ4v) is 2.09. The van der Waals surface area contributed by atoms with Crippen molar-refractivity contribution in [2.45, 2.75) is 39.7 Å². The first-order valence-electron chi connectivity index (χ1n) is 6.74. The van der Waals surface area contributed by atoms with Gasteiger partial charge in [-0.2, -0.15) is 5.26 Å². The third kappa shape index (κ3) is 6.09. The normalized spacial score (nSPS) is 12.3. The van der Waals surface area contributed by atoms with E-state index in [1.54, 1.807) is 24.3 Å². The molecule has 0 aliphatic heterocycles. The maximum atomic E-state index is 12.1. The van der Waals surface area contributed by atoms with Crippen molar-refractivity contribution in [3.63, 3.8) is 0 Å². The van der Waals surface area contributed by atoms with Gasteiger partial charge < -0.3 is 10.4 Å². The molecule has 0 saturated heterocycles. The SMILES string of the molecule is CC(C)(C)CC(CC(=O)O)NC(=O)c1ccc(C#N)cc1. The van der Waals surface area contributed by atoms with Crippen LogP contribution < -0.4 is 5.32 Å². The molecule has 112 valence electrons. The van der Waals surface area contributed by atoms with Crippen molar-refractivity contribution in [3.8, 4) is 6.07 Å². The Morgan fingerprint density at radius 2 is 1.86 bits per heavy atom. The predicted molar refractivity (Wildman–Crippen MR) is 78.7 cm³/mol. The van der Waals surface area contributed by atoms with E-state index in [0.29, 0.717) is 17.5 Å². The summed E-state index contributed by atoms with van der Waals surface area (Å²) < 4.78 is 0. The van der Waals surface area contributed by atoms with Crippen molar-refractivity contribution in [2.24, 2.45) is 5.41 Å². The molecule has 0 saturated carbocycles. The summed E-state index contributed by atoms with van der Waals surface area (Å²) in [5.41, 5.74) is 0.805. The molecule has 0 heterocycles. The van der Waals surface area contributed by atoms with Gasteiger partial charge in [-0.25, -0.2) is 0 Å². The van der Waals surface area contributed by atoms with Crippen LogP contribution in [-0.4, -0.2) is 23.0 Å². The Labute approximate surface area is 124 Å². The van der Waals surface area contributed by atoms with E-state index in [0.717, 1.165) is 0 Å². The highest BCUT2D eigenvalue weighted by atomic mass is 16.4. The standard InChI is InChI=1S/C16H20N2O3/c1-16(2,3)9-13(8-14(19)20)18-15(21)12-6-4-11(10-17)5-7-12/h4-7,13H,8-9H2,1-3H3,(H,18,21)(H,19,20). The molecule has 0 bridgehead atoms. The summed E-state index contributed by atoms with van der Waals surface area (Å²) in [5.74, 6) is -1.26. The number of benzene rings is 1. The highest BCUT2D eigenvalue weighted by molar-refractivity contribution is 5.94. The van der Waals surface area contributed by atoms with Crippen molar-refractivity contribution in [1.29, 1.82) is 5.26 Å². The Bertz CT molecular complexity index is 550. The first-order chi connectivity index (χ1) is 9.71. The number of nitrogens with zero attached hydrogens (tertiary/aromatic N) is 1. The van der Waals surface area contributed by atoms with Crippen LogP contribution in [0.15, 0.2) is 24.3 Å². The van der Waals surface area contributed by atoms with Gasteiger partial charge in [0, 0.05) is 11.6 Å². The number of nitriles is 1. The molecule has 5 nitrogen and oxygen atoms in total. The van der Waals surface area contributed by atoms with Gasteiger partial charge in [0.2, 0.25) is 0 Å². The van der Waals surface area contributed by atoms with Crippen LogP contribution >= 0.6 is 0 Å². The maximum Gasteiger partial charge on any atom is 0.305 e. The summed E-state index contributed by atoms with van der Waals surface area (Å²) in [5, 5.41) is 20.4. The molecule has 21 heavy (non-hydrogen) atoms. The van der Waals surface area contributed by atoms with Gasteiger partial charge >= 0.3 is 5.97 Å². The van der Waals surface area contributed by atoms with Gasteiger partial charge in [0.05, 0.1) is 18.1 Å². The predicted octanol–water partition coefficient (Wildman–Crippen LogP) is 2.57. The second-order valence-corrected chi connectivity index (χ2v) is 6.22. The third-order valence-corrected chi connectivity index (χ3v) is 2.89. The first kappa shape index (κ1) is 16.7. The lowest BCUT2D eigenvalue weighted by Gasteiger charge is -2.25. The molecule has 0 spiro atoms. The number of carboxylic acids is 1. The van der Waals surface area contributed by atoms with E-state index in [4.69, 9.17) is 10.4 Å². The second-order valence-electron chi connectivity index (χ2n) is 6.22. The summed E-state index contributed by atoms with van der Waals surface area (Å²) >= 11 is 0. The van der Waals surface area contributed by atoms with Gasteiger partial charge in [0.25, 0.3) is 5.91 Å². The van der Waals surface area contributed by atoms with Gasteiger partial charge in [-0.1, -0.05) is 20.8 Å². The molecule has 1 aromatic rings. The van der Waals surface area contributed by atoms with Crippen LogP contribution in [0.25, 0.3) is 0 Å². The van der Waals surface area contributed by atoms with E-state index < -0.39 is 12.0 Å². The number of carboxylic acid groups (broad SMARTS) is 1. The van der Waals surface area contributed by atoms with Crippen LogP contribution in [0.3, 0.4) is 0 Å². The Balaban J connectivity index is 2.79. The van der Waals surface area contributed by atoms with Crippen LogP contribution in [-0.2, 0) is 4.79 Å². The molecule has 1 unspecified atom stereocenters. The minimum atomic E-state index is -0.940. The highest BCUT2D eigenvalue weighted by Crippen LogP contribution is 2.22. The number of hydrogen-bond donors (Lipinski definition) is 2. The fourth-order valence-electron chi connectivity index (χ4n) is 2.09. The molecule has 0 aliphatic rings. The van der Waals surface area contributed by atoms with Crippen molar-refractivity contribution < 1.29 is 14.7 Å². The molecule has 1 rings (SSSR count). The van der Waals surface area contributed by atoms with Crippen LogP contribution in [0, 0.1) is 16.7 Å². The average Bonchev–Trinajstić information content (AvgIpc) is 2.36. The zero-order valence-corrected chi connectivity index (χ0v) is 12.5. The summed E-state index contributed by atoms with van der Waals surface area (Å²) in [6, 6.07) is 7.79. The third-order valence-electron chi connectivity index (χ3n) is 2.89. The molecule has 0 radical (unpaired) electrons. The molecule has 0 aliphatic carbocycles. The van der Waals surface area contributed by atoms with Crippen LogP contribution in [0.1, 0.15) is 49.5 Å². The lowest BCUT2D eigenvalue weighted by Crippen LogP contribution is -2.39. The summed E-state index contributed by atoms with van der Waals surface area (Å²) in [7, 11) is 0. The maximum absolute atomic E-state index is 12.1. The van der Waals surface area contributed by atoms with Crippen molar-refractivity contribution in [2.75, 3.05) is 0 Å². The molecule has 1 aromatic carbocycles. The summed E-state index contributed by atoms with van der Waals surface area (Å²) in [4.78, 5) is 23.0. The van der Waals surface area contributed by atoms with Crippen LogP contribution in [0.5, 0.6) is 0 Å². The average molecular weight is 288 g/mol. The topological polar surface area (TPSA) is 90.2 Å². The van der Waals surface area contributed by atoms with Gasteiger partial charge in [-0.15, -0.1) is 0 Å². The minimum Gasteiger partial charge on any atom is -0.481 e. The Morgan fingerprint density at radius 1 is 1.29 bits per heavy atom. The van der Waals surface area contributed by atoms with E-state index in [2.05, 4.69) is 5.32 Å². The van der Waals surface area contributed by atoms with Gasteiger partial charge in [0.1, 0.15) is 0 Å². The Hall–Kier alpha value is -2.35. The summed E-state index contributed by atoms with van der Waals surface area (Å²) in [6.45, 7) is 5.99. The number of rotatable bonds is 5.